The molecule has 1 saturated heterocycles. The van der Waals surface area contributed by atoms with E-state index >= 15 is 0 Å². The topological polar surface area (TPSA) is 110 Å². The number of Topliss-reactive ketones (excluding diaryl/α,β-unsaturated/α-hetero) is 1. The number of hydrogen-bond acceptors (Lipinski definition) is 6. The summed E-state index contributed by atoms with van der Waals surface area (Å²) in [6.45, 7) is 4.04. The standard InChI is InChI=1S/C25H30N2O6S/c1-3-7-24(29)26-20-11-9-19(10-12-20)23(28)17-33-25(30)22-16-21(13-8-18(22)2)34(31,32)27-14-5-4-6-15-27/h8-13,16H,3-7,14-15,17H2,1-2H3,(H,26,29). The molecule has 2 aromatic rings. The summed E-state index contributed by atoms with van der Waals surface area (Å²) in [5, 5.41) is 2.74. The number of amides is 1. The zero-order valence-electron chi connectivity index (χ0n) is 19.5. The Bertz CT molecular complexity index is 1150. The number of sulfonamides is 1. The molecule has 0 aliphatic carbocycles. The van der Waals surface area contributed by atoms with Crippen molar-refractivity contribution >= 4 is 33.4 Å². The highest BCUT2D eigenvalue weighted by atomic mass is 32.2. The highest BCUT2D eigenvalue weighted by molar-refractivity contribution is 7.89. The van der Waals surface area contributed by atoms with E-state index in [-0.39, 0.29) is 16.4 Å². The number of carbonyl (C=O) groups is 3. The van der Waals surface area contributed by atoms with Crippen LogP contribution in [-0.2, 0) is 19.6 Å². The Morgan fingerprint density at radius 1 is 1.00 bits per heavy atom. The van der Waals surface area contributed by atoms with E-state index in [0.717, 1.165) is 25.7 Å². The fourth-order valence-electron chi connectivity index (χ4n) is 3.72. The van der Waals surface area contributed by atoms with Crippen LogP contribution in [0.2, 0.25) is 0 Å². The van der Waals surface area contributed by atoms with Crippen LogP contribution in [0.4, 0.5) is 5.69 Å². The number of hydrogen-bond donors (Lipinski definition) is 1. The Kier molecular flexibility index (Phi) is 8.57. The molecule has 0 aromatic heterocycles. The van der Waals surface area contributed by atoms with Crippen molar-refractivity contribution in [2.24, 2.45) is 0 Å². The first-order chi connectivity index (χ1) is 16.2. The molecule has 0 bridgehead atoms. The fourth-order valence-corrected chi connectivity index (χ4v) is 5.26. The number of esters is 1. The number of nitrogens with one attached hydrogen (secondary N) is 1. The summed E-state index contributed by atoms with van der Waals surface area (Å²) in [7, 11) is -3.70. The molecule has 1 heterocycles. The van der Waals surface area contributed by atoms with Crippen LogP contribution < -0.4 is 5.32 Å². The summed E-state index contributed by atoms with van der Waals surface area (Å²) in [5.74, 6) is -1.27. The van der Waals surface area contributed by atoms with Gasteiger partial charge >= 0.3 is 5.97 Å². The van der Waals surface area contributed by atoms with Crippen molar-refractivity contribution in [3.8, 4) is 0 Å². The van der Waals surface area contributed by atoms with Gasteiger partial charge in [-0.1, -0.05) is 19.4 Å². The van der Waals surface area contributed by atoms with Gasteiger partial charge in [-0.3, -0.25) is 9.59 Å². The lowest BCUT2D eigenvalue weighted by molar-refractivity contribution is -0.116. The van der Waals surface area contributed by atoms with Crippen molar-refractivity contribution in [2.45, 2.75) is 50.8 Å². The van der Waals surface area contributed by atoms with Gasteiger partial charge in [0.1, 0.15) is 0 Å². The number of aryl methyl sites for hydroxylation is 1. The third-order valence-electron chi connectivity index (χ3n) is 5.68. The molecule has 0 spiro atoms. The number of nitrogens with zero attached hydrogens (tertiary/aromatic N) is 1. The van der Waals surface area contributed by atoms with Crippen LogP contribution in [0.5, 0.6) is 0 Å². The Labute approximate surface area is 200 Å². The number of ketones is 1. The molecule has 3 rings (SSSR count). The van der Waals surface area contributed by atoms with Gasteiger partial charge in [0.15, 0.2) is 12.4 Å². The second kappa shape index (κ2) is 11.4. The Balaban J connectivity index is 1.65. The van der Waals surface area contributed by atoms with Crippen LogP contribution in [0.3, 0.4) is 0 Å². The van der Waals surface area contributed by atoms with Crippen molar-refractivity contribution in [2.75, 3.05) is 25.0 Å². The number of benzene rings is 2. The molecule has 1 aliphatic rings. The molecule has 8 nitrogen and oxygen atoms in total. The van der Waals surface area contributed by atoms with Gasteiger partial charge in [0, 0.05) is 30.8 Å². The van der Waals surface area contributed by atoms with Gasteiger partial charge in [-0.2, -0.15) is 4.31 Å². The first-order valence-electron chi connectivity index (χ1n) is 11.4. The van der Waals surface area contributed by atoms with Gasteiger partial charge in [0.2, 0.25) is 15.9 Å². The minimum absolute atomic E-state index is 0.0407. The summed E-state index contributed by atoms with van der Waals surface area (Å²) in [5.41, 5.74) is 1.58. The number of piperidine rings is 1. The van der Waals surface area contributed by atoms with Gasteiger partial charge in [0.25, 0.3) is 0 Å². The molecule has 34 heavy (non-hydrogen) atoms. The predicted octanol–water partition coefficient (Wildman–Crippen LogP) is 3.95. The van der Waals surface area contributed by atoms with E-state index in [0.29, 0.717) is 36.3 Å². The van der Waals surface area contributed by atoms with E-state index in [1.807, 2.05) is 6.92 Å². The molecule has 2 aromatic carbocycles. The molecule has 9 heteroatoms. The molecule has 0 atom stereocenters. The second-order valence-corrected chi connectivity index (χ2v) is 10.3. The highest BCUT2D eigenvalue weighted by Gasteiger charge is 2.27. The minimum atomic E-state index is -3.70. The van der Waals surface area contributed by atoms with E-state index in [1.54, 1.807) is 37.3 Å². The quantitative estimate of drug-likeness (QED) is 0.425. The van der Waals surface area contributed by atoms with E-state index in [2.05, 4.69) is 5.32 Å². The molecule has 0 saturated carbocycles. The number of ether oxygens (including phenoxy) is 1. The third kappa shape index (κ3) is 6.30. The first kappa shape index (κ1) is 25.6. The lowest BCUT2D eigenvalue weighted by Crippen LogP contribution is -2.35. The van der Waals surface area contributed by atoms with Crippen LogP contribution in [0, 0.1) is 6.92 Å². The van der Waals surface area contributed by atoms with E-state index in [1.165, 1.54) is 16.4 Å². The van der Waals surface area contributed by atoms with Gasteiger partial charge in [-0.25, -0.2) is 13.2 Å². The second-order valence-electron chi connectivity index (χ2n) is 8.32. The SMILES string of the molecule is CCCC(=O)Nc1ccc(C(=O)COC(=O)c2cc(S(=O)(=O)N3CCCCC3)ccc2C)cc1. The molecular weight excluding hydrogens is 456 g/mol. The monoisotopic (exact) mass is 486 g/mol. The molecule has 1 fully saturated rings. The van der Waals surface area contributed by atoms with Crippen LogP contribution in [0.1, 0.15) is 65.3 Å². The minimum Gasteiger partial charge on any atom is -0.454 e. The molecule has 1 N–H and O–H groups in total. The number of carbonyl (C=O) groups excluding carboxylic acids is 3. The fraction of sp³-hybridized carbons (Fsp3) is 0.400. The lowest BCUT2D eigenvalue weighted by Gasteiger charge is -2.26. The number of anilines is 1. The van der Waals surface area contributed by atoms with E-state index in [4.69, 9.17) is 4.74 Å². The summed E-state index contributed by atoms with van der Waals surface area (Å²) in [6, 6.07) is 10.7. The Morgan fingerprint density at radius 2 is 1.68 bits per heavy atom. The normalized spacial score (nSPS) is 14.4. The van der Waals surface area contributed by atoms with Crippen molar-refractivity contribution in [1.82, 2.24) is 4.31 Å². The largest absolute Gasteiger partial charge is 0.454 e. The van der Waals surface area contributed by atoms with Crippen LogP contribution in [-0.4, -0.2) is 50.1 Å². The van der Waals surface area contributed by atoms with Crippen LogP contribution >= 0.6 is 0 Å². The third-order valence-corrected chi connectivity index (χ3v) is 7.58. The first-order valence-corrected chi connectivity index (χ1v) is 12.9. The smallest absolute Gasteiger partial charge is 0.338 e. The maximum Gasteiger partial charge on any atom is 0.338 e. The molecule has 0 unspecified atom stereocenters. The Hall–Kier alpha value is -3.04. The van der Waals surface area contributed by atoms with Crippen LogP contribution in [0.25, 0.3) is 0 Å². The number of rotatable bonds is 9. The zero-order valence-corrected chi connectivity index (χ0v) is 20.3. The van der Waals surface area contributed by atoms with E-state index in [9.17, 15) is 22.8 Å². The average molecular weight is 487 g/mol. The molecular formula is C25H30N2O6S. The van der Waals surface area contributed by atoms with Crippen molar-refractivity contribution in [1.29, 1.82) is 0 Å². The molecule has 182 valence electrons. The molecule has 1 amide bonds. The van der Waals surface area contributed by atoms with Gasteiger partial charge in [-0.05, 0) is 68.1 Å². The highest BCUT2D eigenvalue weighted by Crippen LogP contribution is 2.23. The summed E-state index contributed by atoms with van der Waals surface area (Å²) in [4.78, 5) is 36.8. The molecule has 0 radical (unpaired) electrons. The van der Waals surface area contributed by atoms with Crippen molar-refractivity contribution in [3.05, 3.63) is 59.2 Å². The van der Waals surface area contributed by atoms with Gasteiger partial charge in [0.05, 0.1) is 10.5 Å². The maximum absolute atomic E-state index is 12.9. The molecule has 1 aliphatic heterocycles. The Morgan fingerprint density at radius 3 is 2.32 bits per heavy atom. The zero-order chi connectivity index (χ0) is 24.7. The van der Waals surface area contributed by atoms with Gasteiger partial charge < -0.3 is 10.1 Å². The van der Waals surface area contributed by atoms with Crippen molar-refractivity contribution < 1.29 is 27.5 Å². The van der Waals surface area contributed by atoms with Gasteiger partial charge in [-0.15, -0.1) is 0 Å². The summed E-state index contributed by atoms with van der Waals surface area (Å²) in [6.07, 6.45) is 3.78. The van der Waals surface area contributed by atoms with E-state index < -0.39 is 28.4 Å². The van der Waals surface area contributed by atoms with Crippen molar-refractivity contribution in [3.63, 3.8) is 0 Å². The average Bonchev–Trinajstić information content (AvgIpc) is 2.83. The maximum atomic E-state index is 12.9. The lowest BCUT2D eigenvalue weighted by atomic mass is 10.1. The summed E-state index contributed by atoms with van der Waals surface area (Å²) >= 11 is 0. The predicted molar refractivity (Wildman–Crippen MR) is 128 cm³/mol. The van der Waals surface area contributed by atoms with Crippen LogP contribution in [0.15, 0.2) is 47.4 Å². The summed E-state index contributed by atoms with van der Waals surface area (Å²) < 4.78 is 32.5.